The molecule has 26 heavy (non-hydrogen) atoms. The van der Waals surface area contributed by atoms with Gasteiger partial charge in [-0.15, -0.1) is 0 Å². The van der Waals surface area contributed by atoms with E-state index in [1.54, 1.807) is 14.0 Å². The number of carbonyl (C=O) groups is 1. The highest BCUT2D eigenvalue weighted by atomic mass is 16.6. The second-order valence-electron chi connectivity index (χ2n) is 9.07. The van der Waals surface area contributed by atoms with Crippen molar-refractivity contribution < 1.29 is 19.4 Å². The lowest BCUT2D eigenvalue weighted by atomic mass is 9.68. The van der Waals surface area contributed by atoms with Crippen molar-refractivity contribution in [3.05, 3.63) is 29.8 Å². The summed E-state index contributed by atoms with van der Waals surface area (Å²) in [7, 11) is 1.60. The maximum Gasteiger partial charge on any atom is 0.413 e. The van der Waals surface area contributed by atoms with Crippen molar-refractivity contribution in [1.29, 1.82) is 0 Å². The van der Waals surface area contributed by atoms with Crippen LogP contribution in [0.25, 0.3) is 0 Å². The predicted octanol–water partition coefficient (Wildman–Crippen LogP) is 3.04. The van der Waals surface area contributed by atoms with E-state index >= 15 is 0 Å². The molecule has 0 bridgehead atoms. The Morgan fingerprint density at radius 2 is 1.81 bits per heavy atom. The highest BCUT2D eigenvalue weighted by Gasteiger charge is 2.66. The lowest BCUT2D eigenvalue weighted by molar-refractivity contribution is -0.182. The molecule has 1 unspecified atom stereocenters. The van der Waals surface area contributed by atoms with Gasteiger partial charge in [0.1, 0.15) is 5.75 Å². The fraction of sp³-hybridized carbons (Fsp3) is 0.650. The summed E-state index contributed by atoms with van der Waals surface area (Å²) < 4.78 is 11.1. The summed E-state index contributed by atoms with van der Waals surface area (Å²) in [5.74, 6) is 0.716. The second kappa shape index (κ2) is 5.86. The van der Waals surface area contributed by atoms with Crippen LogP contribution < -0.4 is 10.1 Å². The minimum absolute atomic E-state index is 0.263. The first kappa shape index (κ1) is 19.0. The molecule has 6 nitrogen and oxygen atoms in total. The van der Waals surface area contributed by atoms with Crippen LogP contribution >= 0.6 is 0 Å². The molecule has 2 aliphatic rings. The van der Waals surface area contributed by atoms with Gasteiger partial charge in [-0.3, -0.25) is 4.90 Å². The smallest absolute Gasteiger partial charge is 0.413 e. The molecule has 3 rings (SSSR count). The predicted molar refractivity (Wildman–Crippen MR) is 98.9 cm³/mol. The van der Waals surface area contributed by atoms with Crippen molar-refractivity contribution in [1.82, 2.24) is 10.2 Å². The maximum absolute atomic E-state index is 12.7. The van der Waals surface area contributed by atoms with E-state index in [1.807, 2.05) is 24.3 Å². The second-order valence-corrected chi connectivity index (χ2v) is 9.07. The van der Waals surface area contributed by atoms with E-state index in [0.717, 1.165) is 5.56 Å². The number of hydrogen-bond donors (Lipinski definition) is 2. The highest BCUT2D eigenvalue weighted by molar-refractivity contribution is 5.72. The van der Waals surface area contributed by atoms with Crippen LogP contribution in [0.5, 0.6) is 5.75 Å². The lowest BCUT2D eigenvalue weighted by Crippen LogP contribution is -2.70. The van der Waals surface area contributed by atoms with E-state index in [-0.39, 0.29) is 17.6 Å². The van der Waals surface area contributed by atoms with Crippen LogP contribution in [0, 0.1) is 0 Å². The third-order valence-corrected chi connectivity index (χ3v) is 5.50. The molecule has 2 aliphatic heterocycles. The molecular formula is C20H30N2O4. The lowest BCUT2D eigenvalue weighted by Gasteiger charge is -2.54. The molecule has 6 heteroatoms. The minimum atomic E-state index is -1.41. The summed E-state index contributed by atoms with van der Waals surface area (Å²) in [5, 5.41) is 15.1. The third kappa shape index (κ3) is 3.16. The molecule has 0 radical (unpaired) electrons. The molecular weight excluding hydrogens is 332 g/mol. The van der Waals surface area contributed by atoms with Crippen LogP contribution in [0.4, 0.5) is 4.79 Å². The Balaban J connectivity index is 1.93. The van der Waals surface area contributed by atoms with E-state index in [9.17, 15) is 9.90 Å². The van der Waals surface area contributed by atoms with Gasteiger partial charge in [-0.1, -0.05) is 12.1 Å². The van der Waals surface area contributed by atoms with Gasteiger partial charge in [-0.25, -0.2) is 4.79 Å². The summed E-state index contributed by atoms with van der Waals surface area (Å²) in [6.07, 6.45) is 0.597. The van der Waals surface area contributed by atoms with Crippen molar-refractivity contribution >= 4 is 6.09 Å². The van der Waals surface area contributed by atoms with Crippen molar-refractivity contribution in [2.45, 2.75) is 76.4 Å². The topological polar surface area (TPSA) is 71.0 Å². The van der Waals surface area contributed by atoms with E-state index in [4.69, 9.17) is 9.47 Å². The first-order valence-electron chi connectivity index (χ1n) is 9.05. The Kier molecular flexibility index (Phi) is 4.28. The molecule has 0 aliphatic carbocycles. The molecule has 0 saturated carbocycles. The van der Waals surface area contributed by atoms with Crippen molar-refractivity contribution in [2.24, 2.45) is 0 Å². The van der Waals surface area contributed by atoms with Crippen LogP contribution in [0.2, 0.25) is 0 Å². The molecule has 1 aromatic rings. The third-order valence-electron chi connectivity index (χ3n) is 5.50. The largest absolute Gasteiger partial charge is 0.497 e. The molecule has 1 aromatic carbocycles. The van der Waals surface area contributed by atoms with E-state index in [0.29, 0.717) is 18.6 Å². The van der Waals surface area contributed by atoms with Crippen molar-refractivity contribution in [3.63, 3.8) is 0 Å². The SMILES string of the molecule is COc1cccc(CN2C(=O)OC3(CC(C)(C)NC(C)(C)C3)C2(C)O)c1. The van der Waals surface area contributed by atoms with Crippen LogP contribution in [-0.4, -0.2) is 45.6 Å². The number of hydrogen-bond acceptors (Lipinski definition) is 5. The van der Waals surface area contributed by atoms with E-state index in [2.05, 4.69) is 33.0 Å². The van der Waals surface area contributed by atoms with Crippen molar-refractivity contribution in [2.75, 3.05) is 7.11 Å². The molecule has 1 amide bonds. The highest BCUT2D eigenvalue weighted by Crippen LogP contribution is 2.50. The van der Waals surface area contributed by atoms with Gasteiger partial charge in [0, 0.05) is 23.9 Å². The number of nitrogens with one attached hydrogen (secondary N) is 1. The Labute approximate surface area is 155 Å². The molecule has 2 saturated heterocycles. The first-order chi connectivity index (χ1) is 11.9. The Bertz CT molecular complexity index is 696. The Morgan fingerprint density at radius 1 is 1.19 bits per heavy atom. The number of piperidine rings is 1. The summed E-state index contributed by atoms with van der Waals surface area (Å²) >= 11 is 0. The van der Waals surface area contributed by atoms with Crippen LogP contribution in [0.1, 0.15) is 53.0 Å². The van der Waals surface area contributed by atoms with Gasteiger partial charge >= 0.3 is 6.09 Å². The number of methoxy groups -OCH3 is 1. The van der Waals surface area contributed by atoms with Gasteiger partial charge in [0.05, 0.1) is 13.7 Å². The zero-order valence-electron chi connectivity index (χ0n) is 16.5. The average Bonchev–Trinajstić information content (AvgIpc) is 2.64. The number of ether oxygens (including phenoxy) is 2. The number of benzene rings is 1. The van der Waals surface area contributed by atoms with Crippen LogP contribution in [0.3, 0.4) is 0 Å². The normalized spacial score (nSPS) is 28.9. The summed E-state index contributed by atoms with van der Waals surface area (Å²) in [6.45, 7) is 10.2. The molecule has 2 N–H and O–H groups in total. The van der Waals surface area contributed by atoms with Gasteiger partial charge in [0.25, 0.3) is 0 Å². The maximum atomic E-state index is 12.7. The van der Waals surface area contributed by atoms with Gasteiger partial charge < -0.3 is 19.9 Å². The number of amides is 1. The molecule has 2 heterocycles. The van der Waals surface area contributed by atoms with Gasteiger partial charge in [0.15, 0.2) is 11.3 Å². The average molecular weight is 362 g/mol. The van der Waals surface area contributed by atoms with Gasteiger partial charge in [-0.05, 0) is 52.3 Å². The zero-order valence-corrected chi connectivity index (χ0v) is 16.5. The molecule has 144 valence electrons. The summed E-state index contributed by atoms with van der Waals surface area (Å²) in [4.78, 5) is 14.2. The summed E-state index contributed by atoms with van der Waals surface area (Å²) in [5.41, 5.74) is -2.02. The minimum Gasteiger partial charge on any atom is -0.497 e. The fourth-order valence-corrected chi connectivity index (χ4v) is 4.82. The number of rotatable bonds is 3. The van der Waals surface area contributed by atoms with Crippen LogP contribution in [-0.2, 0) is 11.3 Å². The van der Waals surface area contributed by atoms with Crippen molar-refractivity contribution in [3.8, 4) is 5.75 Å². The van der Waals surface area contributed by atoms with Gasteiger partial charge in [-0.2, -0.15) is 0 Å². The Hall–Kier alpha value is -1.79. The summed E-state index contributed by atoms with van der Waals surface area (Å²) in [6, 6.07) is 7.50. The molecule has 1 spiro atoms. The quantitative estimate of drug-likeness (QED) is 0.865. The van der Waals surface area contributed by atoms with Gasteiger partial charge in [0.2, 0.25) is 0 Å². The van der Waals surface area contributed by atoms with E-state index < -0.39 is 17.4 Å². The zero-order chi connectivity index (χ0) is 19.4. The monoisotopic (exact) mass is 362 g/mol. The van der Waals surface area contributed by atoms with E-state index in [1.165, 1.54) is 4.90 Å². The first-order valence-corrected chi connectivity index (χ1v) is 9.05. The van der Waals surface area contributed by atoms with Crippen LogP contribution in [0.15, 0.2) is 24.3 Å². The fourth-order valence-electron chi connectivity index (χ4n) is 4.82. The molecule has 0 aromatic heterocycles. The standard InChI is InChI=1S/C20H30N2O4/c1-17(2)12-20(13-18(3,4)21-17)19(5,24)22(16(23)26-20)11-14-8-7-9-15(10-14)25-6/h7-10,21,24H,11-13H2,1-6H3. The Morgan fingerprint density at radius 3 is 2.38 bits per heavy atom. The number of carbonyl (C=O) groups excluding carboxylic acids is 1. The number of aliphatic hydroxyl groups is 1. The molecule has 2 fully saturated rings. The number of nitrogens with zero attached hydrogens (tertiary/aromatic N) is 1. The molecule has 1 atom stereocenters.